The average molecular weight is 391 g/mol. The van der Waals surface area contributed by atoms with E-state index in [2.05, 4.69) is 10.6 Å². The Morgan fingerprint density at radius 2 is 1.72 bits per heavy atom. The lowest BCUT2D eigenvalue weighted by atomic mass is 10.1. The summed E-state index contributed by atoms with van der Waals surface area (Å²) in [6.45, 7) is 2.96. The van der Waals surface area contributed by atoms with Crippen molar-refractivity contribution >= 4 is 23.4 Å². The first kappa shape index (κ1) is 19.2. The number of likely N-dealkylation sites (tertiary alicyclic amines) is 1. The van der Waals surface area contributed by atoms with E-state index in [4.69, 9.17) is 0 Å². The summed E-state index contributed by atoms with van der Waals surface area (Å²) >= 11 is 0. The Morgan fingerprint density at radius 3 is 2.38 bits per heavy atom. The molecule has 29 heavy (non-hydrogen) atoms. The Hall–Kier alpha value is -3.15. The van der Waals surface area contributed by atoms with E-state index in [0.717, 1.165) is 18.4 Å². The maximum Gasteiger partial charge on any atom is 0.251 e. The molecule has 0 aromatic heterocycles. The highest BCUT2D eigenvalue weighted by atomic mass is 16.2. The molecule has 1 aliphatic heterocycles. The van der Waals surface area contributed by atoms with Crippen LogP contribution >= 0.6 is 0 Å². The van der Waals surface area contributed by atoms with Crippen LogP contribution in [0.4, 0.5) is 5.69 Å². The van der Waals surface area contributed by atoms with Crippen molar-refractivity contribution < 1.29 is 14.4 Å². The van der Waals surface area contributed by atoms with E-state index in [1.165, 1.54) is 5.56 Å². The number of carbonyl (C=O) groups is 3. The fourth-order valence-electron chi connectivity index (χ4n) is 3.46. The van der Waals surface area contributed by atoms with Gasteiger partial charge in [-0.2, -0.15) is 0 Å². The molecule has 6 nitrogen and oxygen atoms in total. The first-order valence-corrected chi connectivity index (χ1v) is 10.0. The minimum absolute atomic E-state index is 0.00202. The van der Waals surface area contributed by atoms with E-state index in [1.54, 1.807) is 29.2 Å². The van der Waals surface area contributed by atoms with E-state index in [0.29, 0.717) is 30.4 Å². The van der Waals surface area contributed by atoms with Crippen LogP contribution in [0.1, 0.15) is 40.7 Å². The van der Waals surface area contributed by atoms with Gasteiger partial charge in [0.05, 0.1) is 5.92 Å². The molecule has 2 aromatic carbocycles. The van der Waals surface area contributed by atoms with Gasteiger partial charge in [-0.3, -0.25) is 14.4 Å². The number of anilines is 1. The molecule has 1 saturated carbocycles. The molecular weight excluding hydrogens is 366 g/mol. The molecule has 4 rings (SSSR count). The van der Waals surface area contributed by atoms with Gasteiger partial charge in [0.25, 0.3) is 5.91 Å². The molecule has 0 radical (unpaired) electrons. The van der Waals surface area contributed by atoms with Crippen LogP contribution in [0.3, 0.4) is 0 Å². The summed E-state index contributed by atoms with van der Waals surface area (Å²) in [7, 11) is 0. The van der Waals surface area contributed by atoms with Crippen molar-refractivity contribution in [2.75, 3.05) is 11.9 Å². The van der Waals surface area contributed by atoms with E-state index in [-0.39, 0.29) is 30.1 Å². The fraction of sp³-hybridized carbons (Fsp3) is 0.348. The Bertz CT molecular complexity index is 917. The van der Waals surface area contributed by atoms with Crippen LogP contribution in [0.25, 0.3) is 0 Å². The van der Waals surface area contributed by atoms with Crippen LogP contribution in [0.15, 0.2) is 48.5 Å². The Kier molecular flexibility index (Phi) is 5.34. The molecule has 0 bridgehead atoms. The average Bonchev–Trinajstić information content (AvgIpc) is 3.45. The van der Waals surface area contributed by atoms with Crippen LogP contribution in [-0.4, -0.2) is 35.2 Å². The second-order valence-electron chi connectivity index (χ2n) is 7.98. The van der Waals surface area contributed by atoms with Gasteiger partial charge in [-0.15, -0.1) is 0 Å². The lowest BCUT2D eigenvalue weighted by Crippen LogP contribution is -2.28. The molecule has 2 N–H and O–H groups in total. The van der Waals surface area contributed by atoms with Crippen LogP contribution in [-0.2, 0) is 16.1 Å². The highest BCUT2D eigenvalue weighted by Gasteiger charge is 2.34. The molecule has 3 amide bonds. The standard InChI is InChI=1S/C23H25N3O3/c1-15-2-4-16(5-3-15)13-26-14-18(12-21(26)27)23(29)25-19-8-6-17(7-9-19)22(28)24-20-10-11-20/h2-9,18,20H,10-14H2,1H3,(H,24,28)(H,25,29). The van der Waals surface area contributed by atoms with Gasteiger partial charge in [0.1, 0.15) is 0 Å². The van der Waals surface area contributed by atoms with E-state index in [1.807, 2.05) is 31.2 Å². The van der Waals surface area contributed by atoms with Gasteiger partial charge < -0.3 is 15.5 Å². The number of hydrogen-bond acceptors (Lipinski definition) is 3. The van der Waals surface area contributed by atoms with Gasteiger partial charge in [0.15, 0.2) is 0 Å². The summed E-state index contributed by atoms with van der Waals surface area (Å²) < 4.78 is 0. The predicted molar refractivity (Wildman–Crippen MR) is 110 cm³/mol. The molecule has 2 aliphatic rings. The van der Waals surface area contributed by atoms with Crippen molar-refractivity contribution in [2.45, 2.75) is 38.8 Å². The summed E-state index contributed by atoms with van der Waals surface area (Å²) in [5.74, 6) is -0.623. The first-order valence-electron chi connectivity index (χ1n) is 10.0. The smallest absolute Gasteiger partial charge is 0.251 e. The van der Waals surface area contributed by atoms with Crippen molar-refractivity contribution in [1.29, 1.82) is 0 Å². The number of hydrogen-bond donors (Lipinski definition) is 2. The Labute approximate surface area is 170 Å². The van der Waals surface area contributed by atoms with E-state index >= 15 is 0 Å². The van der Waals surface area contributed by atoms with Gasteiger partial charge in [0, 0.05) is 36.8 Å². The van der Waals surface area contributed by atoms with Crippen LogP contribution in [0.2, 0.25) is 0 Å². The third kappa shape index (κ3) is 4.83. The normalized spacial score (nSPS) is 18.6. The molecule has 2 aromatic rings. The third-order valence-corrected chi connectivity index (χ3v) is 5.41. The minimum Gasteiger partial charge on any atom is -0.349 e. The van der Waals surface area contributed by atoms with Crippen molar-refractivity contribution in [2.24, 2.45) is 5.92 Å². The number of nitrogens with one attached hydrogen (secondary N) is 2. The molecular formula is C23H25N3O3. The maximum absolute atomic E-state index is 12.6. The van der Waals surface area contributed by atoms with Gasteiger partial charge in [-0.05, 0) is 49.6 Å². The zero-order valence-electron chi connectivity index (χ0n) is 16.5. The van der Waals surface area contributed by atoms with E-state index in [9.17, 15) is 14.4 Å². The lowest BCUT2D eigenvalue weighted by molar-refractivity contribution is -0.128. The zero-order valence-corrected chi connectivity index (χ0v) is 16.5. The molecule has 1 atom stereocenters. The summed E-state index contributed by atoms with van der Waals surface area (Å²) in [5, 5.41) is 5.80. The highest BCUT2D eigenvalue weighted by molar-refractivity contribution is 5.98. The third-order valence-electron chi connectivity index (χ3n) is 5.41. The van der Waals surface area contributed by atoms with Crippen LogP contribution < -0.4 is 10.6 Å². The summed E-state index contributed by atoms with van der Waals surface area (Å²) in [5.41, 5.74) is 3.44. The summed E-state index contributed by atoms with van der Waals surface area (Å²) in [6.07, 6.45) is 2.31. The van der Waals surface area contributed by atoms with Gasteiger partial charge in [0.2, 0.25) is 11.8 Å². The summed E-state index contributed by atoms with van der Waals surface area (Å²) in [6, 6.07) is 15.2. The Balaban J connectivity index is 1.31. The molecule has 0 spiro atoms. The molecule has 6 heteroatoms. The van der Waals surface area contributed by atoms with Gasteiger partial charge in [-0.1, -0.05) is 29.8 Å². The Morgan fingerprint density at radius 1 is 1.03 bits per heavy atom. The fourth-order valence-corrected chi connectivity index (χ4v) is 3.46. The summed E-state index contributed by atoms with van der Waals surface area (Å²) in [4.78, 5) is 38.7. The molecule has 1 saturated heterocycles. The van der Waals surface area contributed by atoms with Gasteiger partial charge >= 0.3 is 0 Å². The van der Waals surface area contributed by atoms with Gasteiger partial charge in [-0.25, -0.2) is 0 Å². The van der Waals surface area contributed by atoms with Crippen molar-refractivity contribution in [3.63, 3.8) is 0 Å². The second kappa shape index (κ2) is 8.07. The molecule has 1 aliphatic carbocycles. The monoisotopic (exact) mass is 391 g/mol. The number of carbonyl (C=O) groups excluding carboxylic acids is 3. The van der Waals surface area contributed by atoms with E-state index < -0.39 is 0 Å². The minimum atomic E-state index is -0.370. The van der Waals surface area contributed by atoms with Crippen LogP contribution in [0.5, 0.6) is 0 Å². The number of amides is 3. The number of nitrogens with zero attached hydrogens (tertiary/aromatic N) is 1. The zero-order chi connectivity index (χ0) is 20.4. The molecule has 2 fully saturated rings. The highest BCUT2D eigenvalue weighted by Crippen LogP contribution is 2.23. The largest absolute Gasteiger partial charge is 0.349 e. The lowest BCUT2D eigenvalue weighted by Gasteiger charge is -2.17. The van der Waals surface area contributed by atoms with Crippen molar-refractivity contribution in [3.05, 3.63) is 65.2 Å². The molecule has 1 heterocycles. The number of aryl methyl sites for hydroxylation is 1. The molecule has 1 unspecified atom stereocenters. The topological polar surface area (TPSA) is 78.5 Å². The first-order chi connectivity index (χ1) is 14.0. The second-order valence-corrected chi connectivity index (χ2v) is 7.98. The maximum atomic E-state index is 12.6. The SMILES string of the molecule is Cc1ccc(CN2CC(C(=O)Nc3ccc(C(=O)NC4CC4)cc3)CC2=O)cc1. The predicted octanol–water partition coefficient (Wildman–Crippen LogP) is 2.87. The number of rotatable bonds is 6. The van der Waals surface area contributed by atoms with Crippen molar-refractivity contribution in [3.8, 4) is 0 Å². The molecule has 150 valence electrons. The quantitative estimate of drug-likeness (QED) is 0.795. The number of benzene rings is 2. The van der Waals surface area contributed by atoms with Crippen molar-refractivity contribution in [1.82, 2.24) is 10.2 Å². The van der Waals surface area contributed by atoms with Crippen LogP contribution in [0, 0.1) is 12.8 Å².